The molecular weight excluding hydrogens is 200 g/mol. The van der Waals surface area contributed by atoms with Crippen molar-refractivity contribution in [1.82, 2.24) is 10.3 Å². The van der Waals surface area contributed by atoms with E-state index in [1.165, 1.54) is 19.3 Å². The molecule has 1 aromatic rings. The van der Waals surface area contributed by atoms with Crippen LogP contribution in [0.4, 0.5) is 5.82 Å². The Balaban J connectivity index is 1.86. The summed E-state index contributed by atoms with van der Waals surface area (Å²) in [5.74, 6) is 0.784. The molecule has 4 nitrogen and oxygen atoms in total. The molecule has 1 saturated heterocycles. The molecule has 2 N–H and O–H groups in total. The molecule has 0 amide bonds. The van der Waals surface area contributed by atoms with Gasteiger partial charge >= 0.3 is 0 Å². The Morgan fingerprint density at radius 3 is 3.25 bits per heavy atom. The quantitative estimate of drug-likeness (QED) is 0.804. The van der Waals surface area contributed by atoms with E-state index in [0.717, 1.165) is 18.9 Å². The molecule has 0 unspecified atom stereocenters. The molecule has 1 atom stereocenters. The summed E-state index contributed by atoms with van der Waals surface area (Å²) in [7, 11) is 0. The van der Waals surface area contributed by atoms with Gasteiger partial charge in [-0.05, 0) is 31.5 Å². The third-order valence-electron chi connectivity index (χ3n) is 2.83. The van der Waals surface area contributed by atoms with Crippen LogP contribution in [-0.4, -0.2) is 24.1 Å². The smallest absolute Gasteiger partial charge is 0.127 e. The van der Waals surface area contributed by atoms with Gasteiger partial charge in [-0.3, -0.25) is 0 Å². The second-order valence-corrected chi connectivity index (χ2v) is 4.07. The highest BCUT2D eigenvalue weighted by molar-refractivity contribution is 5.42. The van der Waals surface area contributed by atoms with Crippen molar-refractivity contribution in [3.05, 3.63) is 23.9 Å². The molecule has 2 rings (SSSR count). The van der Waals surface area contributed by atoms with Gasteiger partial charge in [-0.1, -0.05) is 6.42 Å². The minimum atomic E-state index is 0.529. The molecule has 1 aromatic heterocycles. The van der Waals surface area contributed by atoms with Crippen molar-refractivity contribution in [3.63, 3.8) is 0 Å². The molecule has 0 aliphatic carbocycles. The molecular formula is C12H16N4. The van der Waals surface area contributed by atoms with E-state index in [9.17, 15) is 0 Å². The molecule has 2 heterocycles. The van der Waals surface area contributed by atoms with Crippen LogP contribution in [0.25, 0.3) is 0 Å². The standard InChI is InChI=1S/C12H16N4/c13-8-10-4-6-15-12(7-10)16-9-11-3-1-2-5-14-11/h4,6-7,11,14H,1-3,5,9H2,(H,15,16)/t11-/m1/s1. The van der Waals surface area contributed by atoms with Crippen molar-refractivity contribution in [2.24, 2.45) is 0 Å². The van der Waals surface area contributed by atoms with Gasteiger partial charge in [0.15, 0.2) is 0 Å². The lowest BCUT2D eigenvalue weighted by atomic mass is 10.1. The highest BCUT2D eigenvalue weighted by Gasteiger charge is 2.11. The Kier molecular flexibility index (Phi) is 3.73. The van der Waals surface area contributed by atoms with E-state index in [0.29, 0.717) is 11.6 Å². The molecule has 4 heteroatoms. The molecule has 0 bridgehead atoms. The number of hydrogen-bond donors (Lipinski definition) is 2. The fourth-order valence-corrected chi connectivity index (χ4v) is 1.92. The Hall–Kier alpha value is -1.60. The van der Waals surface area contributed by atoms with Crippen LogP contribution >= 0.6 is 0 Å². The fourth-order valence-electron chi connectivity index (χ4n) is 1.92. The summed E-state index contributed by atoms with van der Waals surface area (Å²) in [6, 6.07) is 6.13. The van der Waals surface area contributed by atoms with E-state index in [1.54, 1.807) is 18.3 Å². The van der Waals surface area contributed by atoms with Crippen LogP contribution in [-0.2, 0) is 0 Å². The molecule has 0 aromatic carbocycles. The molecule has 1 fully saturated rings. The van der Waals surface area contributed by atoms with Gasteiger partial charge in [0, 0.05) is 18.8 Å². The molecule has 0 saturated carbocycles. The Morgan fingerprint density at radius 1 is 1.56 bits per heavy atom. The van der Waals surface area contributed by atoms with Crippen LogP contribution in [0.1, 0.15) is 24.8 Å². The van der Waals surface area contributed by atoms with Crippen molar-refractivity contribution in [3.8, 4) is 6.07 Å². The average molecular weight is 216 g/mol. The van der Waals surface area contributed by atoms with Crippen molar-refractivity contribution in [2.45, 2.75) is 25.3 Å². The third-order valence-corrected chi connectivity index (χ3v) is 2.83. The molecule has 0 spiro atoms. The number of piperidine rings is 1. The second kappa shape index (κ2) is 5.47. The van der Waals surface area contributed by atoms with Crippen LogP contribution in [0.3, 0.4) is 0 Å². The van der Waals surface area contributed by atoms with Crippen molar-refractivity contribution in [2.75, 3.05) is 18.4 Å². The molecule has 84 valence electrons. The number of nitriles is 1. The fraction of sp³-hybridized carbons (Fsp3) is 0.500. The Labute approximate surface area is 95.7 Å². The number of rotatable bonds is 3. The molecule has 0 radical (unpaired) electrons. The van der Waals surface area contributed by atoms with Crippen LogP contribution < -0.4 is 10.6 Å². The van der Waals surface area contributed by atoms with Crippen molar-refractivity contribution >= 4 is 5.82 Å². The third kappa shape index (κ3) is 2.94. The summed E-state index contributed by atoms with van der Waals surface area (Å²) in [6.07, 6.45) is 5.45. The zero-order valence-electron chi connectivity index (χ0n) is 9.24. The van der Waals surface area contributed by atoms with Crippen LogP contribution in [0.2, 0.25) is 0 Å². The molecule has 16 heavy (non-hydrogen) atoms. The maximum absolute atomic E-state index is 8.76. The van der Waals surface area contributed by atoms with Crippen molar-refractivity contribution < 1.29 is 0 Å². The van der Waals surface area contributed by atoms with Gasteiger partial charge in [-0.25, -0.2) is 4.98 Å². The monoisotopic (exact) mass is 216 g/mol. The number of pyridine rings is 1. The summed E-state index contributed by atoms with van der Waals surface area (Å²) in [4.78, 5) is 4.18. The first kappa shape index (κ1) is 10.9. The summed E-state index contributed by atoms with van der Waals surface area (Å²) in [6.45, 7) is 1.99. The lowest BCUT2D eigenvalue weighted by Crippen LogP contribution is -2.39. The summed E-state index contributed by atoms with van der Waals surface area (Å²) in [5.41, 5.74) is 0.647. The minimum Gasteiger partial charge on any atom is -0.368 e. The van der Waals surface area contributed by atoms with Gasteiger partial charge in [0.05, 0.1) is 11.6 Å². The van der Waals surface area contributed by atoms with Crippen LogP contribution in [0.5, 0.6) is 0 Å². The van der Waals surface area contributed by atoms with Gasteiger partial charge in [-0.15, -0.1) is 0 Å². The first-order valence-electron chi connectivity index (χ1n) is 5.72. The topological polar surface area (TPSA) is 60.7 Å². The van der Waals surface area contributed by atoms with E-state index in [2.05, 4.69) is 21.7 Å². The van der Waals surface area contributed by atoms with Crippen LogP contribution in [0.15, 0.2) is 18.3 Å². The zero-order valence-corrected chi connectivity index (χ0v) is 9.24. The van der Waals surface area contributed by atoms with Crippen LogP contribution in [0, 0.1) is 11.3 Å². The highest BCUT2D eigenvalue weighted by Crippen LogP contribution is 2.09. The van der Waals surface area contributed by atoms with E-state index in [1.807, 2.05) is 0 Å². The van der Waals surface area contributed by atoms with E-state index in [4.69, 9.17) is 5.26 Å². The van der Waals surface area contributed by atoms with Gasteiger partial charge in [0.2, 0.25) is 0 Å². The number of aromatic nitrogens is 1. The maximum Gasteiger partial charge on any atom is 0.127 e. The number of nitrogens with one attached hydrogen (secondary N) is 2. The van der Waals surface area contributed by atoms with Gasteiger partial charge < -0.3 is 10.6 Å². The predicted molar refractivity (Wildman–Crippen MR) is 63.1 cm³/mol. The number of anilines is 1. The first-order valence-corrected chi connectivity index (χ1v) is 5.72. The van der Waals surface area contributed by atoms with E-state index >= 15 is 0 Å². The number of hydrogen-bond acceptors (Lipinski definition) is 4. The van der Waals surface area contributed by atoms with Crippen molar-refractivity contribution in [1.29, 1.82) is 5.26 Å². The first-order chi connectivity index (χ1) is 7.88. The SMILES string of the molecule is N#Cc1ccnc(NC[C@H]2CCCCN2)c1. The predicted octanol–water partition coefficient (Wildman–Crippen LogP) is 1.51. The van der Waals surface area contributed by atoms with Gasteiger partial charge in [-0.2, -0.15) is 5.26 Å². The lowest BCUT2D eigenvalue weighted by Gasteiger charge is -2.23. The Bertz CT molecular complexity index is 377. The summed E-state index contributed by atoms with van der Waals surface area (Å²) < 4.78 is 0. The number of nitrogens with zero attached hydrogens (tertiary/aromatic N) is 2. The van der Waals surface area contributed by atoms with Gasteiger partial charge in [0.1, 0.15) is 5.82 Å². The van der Waals surface area contributed by atoms with Gasteiger partial charge in [0.25, 0.3) is 0 Å². The second-order valence-electron chi connectivity index (χ2n) is 4.07. The maximum atomic E-state index is 8.76. The largest absolute Gasteiger partial charge is 0.368 e. The Morgan fingerprint density at radius 2 is 2.50 bits per heavy atom. The molecule has 1 aliphatic heterocycles. The summed E-state index contributed by atoms with van der Waals surface area (Å²) >= 11 is 0. The average Bonchev–Trinajstić information content (AvgIpc) is 2.38. The van der Waals surface area contributed by atoms with E-state index in [-0.39, 0.29) is 0 Å². The normalized spacial score (nSPS) is 20.1. The minimum absolute atomic E-state index is 0.529. The molecule has 1 aliphatic rings. The summed E-state index contributed by atoms with van der Waals surface area (Å²) in [5, 5.41) is 15.5. The highest BCUT2D eigenvalue weighted by atomic mass is 15.0. The lowest BCUT2D eigenvalue weighted by molar-refractivity contribution is 0.414. The zero-order chi connectivity index (χ0) is 11.2. The van der Waals surface area contributed by atoms with E-state index < -0.39 is 0 Å².